The molecule has 0 saturated carbocycles. The van der Waals surface area contributed by atoms with Gasteiger partial charge in [-0.15, -0.1) is 0 Å². The zero-order valence-corrected chi connectivity index (χ0v) is 8.58. The second-order valence-corrected chi connectivity index (χ2v) is 3.21. The van der Waals surface area contributed by atoms with Gasteiger partial charge in [-0.2, -0.15) is 0 Å². The molecule has 0 aromatic heterocycles. The van der Waals surface area contributed by atoms with Crippen LogP contribution in [0.3, 0.4) is 0 Å². The van der Waals surface area contributed by atoms with E-state index >= 15 is 0 Å². The van der Waals surface area contributed by atoms with Gasteiger partial charge in [0, 0.05) is 6.61 Å². The first-order chi connectivity index (χ1) is 6.20. The van der Waals surface area contributed by atoms with Crippen LogP contribution >= 0.6 is 0 Å². The molecule has 0 fully saturated rings. The zero-order chi connectivity index (χ0) is 10.1. The van der Waals surface area contributed by atoms with E-state index in [0.717, 1.165) is 19.3 Å². The summed E-state index contributed by atoms with van der Waals surface area (Å²) in [5, 5.41) is 8.54. The highest BCUT2D eigenvalue weighted by Gasteiger charge is 2.10. The van der Waals surface area contributed by atoms with Crippen molar-refractivity contribution in [1.82, 2.24) is 0 Å². The average Bonchev–Trinajstić information content (AvgIpc) is 2.09. The van der Waals surface area contributed by atoms with Gasteiger partial charge in [-0.1, -0.05) is 26.7 Å². The molecule has 0 rings (SSSR count). The van der Waals surface area contributed by atoms with E-state index in [1.807, 2.05) is 6.92 Å². The van der Waals surface area contributed by atoms with E-state index in [9.17, 15) is 4.79 Å². The Kier molecular flexibility index (Phi) is 7.69. The molecule has 0 radical (unpaired) electrons. The van der Waals surface area contributed by atoms with Gasteiger partial charge in [-0.05, 0) is 12.8 Å². The predicted octanol–water partition coefficient (Wildman–Crippen LogP) is 2.45. The monoisotopic (exact) mass is 188 g/mol. The molecule has 0 aliphatic heterocycles. The summed E-state index contributed by atoms with van der Waals surface area (Å²) < 4.78 is 5.42. The Morgan fingerprint density at radius 2 is 2.08 bits per heavy atom. The van der Waals surface area contributed by atoms with Crippen LogP contribution in [0.15, 0.2) is 0 Å². The smallest absolute Gasteiger partial charge is 0.305 e. The summed E-state index contributed by atoms with van der Waals surface area (Å²) in [6.45, 7) is 4.78. The van der Waals surface area contributed by atoms with Crippen molar-refractivity contribution < 1.29 is 14.6 Å². The Morgan fingerprint density at radius 3 is 2.54 bits per heavy atom. The Labute approximate surface area is 80.1 Å². The molecule has 0 saturated heterocycles. The van der Waals surface area contributed by atoms with Crippen LogP contribution in [0.1, 0.15) is 46.0 Å². The van der Waals surface area contributed by atoms with Crippen LogP contribution in [-0.2, 0) is 9.53 Å². The lowest BCUT2D eigenvalue weighted by atomic mass is 10.2. The third-order valence-corrected chi connectivity index (χ3v) is 1.96. The lowest BCUT2D eigenvalue weighted by molar-refractivity contribution is -0.140. The fourth-order valence-electron chi connectivity index (χ4n) is 1.12. The van der Waals surface area contributed by atoms with Gasteiger partial charge < -0.3 is 9.84 Å². The molecule has 0 spiro atoms. The van der Waals surface area contributed by atoms with Crippen LogP contribution in [0.2, 0.25) is 0 Å². The van der Waals surface area contributed by atoms with Crippen LogP contribution in [0.4, 0.5) is 0 Å². The van der Waals surface area contributed by atoms with Crippen molar-refractivity contribution >= 4 is 5.97 Å². The highest BCUT2D eigenvalue weighted by Crippen LogP contribution is 2.05. The molecule has 0 bridgehead atoms. The summed E-state index contributed by atoms with van der Waals surface area (Å²) in [5.41, 5.74) is 0. The number of unbranched alkanes of at least 4 members (excludes halogenated alkanes) is 2. The maximum atomic E-state index is 10.4. The summed E-state index contributed by atoms with van der Waals surface area (Å²) in [5.74, 6) is -0.776. The van der Waals surface area contributed by atoms with Gasteiger partial charge in [0.15, 0.2) is 0 Å². The molecule has 0 aromatic carbocycles. The van der Waals surface area contributed by atoms with Gasteiger partial charge in [0.1, 0.15) is 0 Å². The minimum atomic E-state index is -0.776. The molecular weight excluding hydrogens is 168 g/mol. The number of carboxylic acid groups (broad SMARTS) is 1. The van der Waals surface area contributed by atoms with Crippen LogP contribution in [0.5, 0.6) is 0 Å². The Balaban J connectivity index is 3.42. The van der Waals surface area contributed by atoms with Crippen molar-refractivity contribution in [2.24, 2.45) is 0 Å². The van der Waals surface area contributed by atoms with E-state index < -0.39 is 5.97 Å². The number of rotatable bonds is 8. The van der Waals surface area contributed by atoms with Crippen molar-refractivity contribution in [3.05, 3.63) is 0 Å². The van der Waals surface area contributed by atoms with Crippen LogP contribution in [-0.4, -0.2) is 23.8 Å². The summed E-state index contributed by atoms with van der Waals surface area (Å²) in [6.07, 6.45) is 4.16. The fourth-order valence-corrected chi connectivity index (χ4v) is 1.12. The van der Waals surface area contributed by atoms with Crippen LogP contribution in [0, 0.1) is 0 Å². The van der Waals surface area contributed by atoms with Crippen LogP contribution < -0.4 is 0 Å². The first kappa shape index (κ1) is 12.4. The van der Waals surface area contributed by atoms with Crippen LogP contribution in [0.25, 0.3) is 0 Å². The average molecular weight is 188 g/mol. The zero-order valence-electron chi connectivity index (χ0n) is 8.58. The van der Waals surface area contributed by atoms with Crippen molar-refractivity contribution in [2.75, 3.05) is 6.61 Å². The van der Waals surface area contributed by atoms with E-state index in [1.165, 1.54) is 6.42 Å². The molecule has 3 nitrogen and oxygen atoms in total. The van der Waals surface area contributed by atoms with Gasteiger partial charge in [0.25, 0.3) is 0 Å². The standard InChI is InChI=1S/C10H20O3/c1-3-5-6-7-13-9(4-2)8-10(11)12/h9H,3-8H2,1-2H3,(H,11,12). The maximum absolute atomic E-state index is 10.4. The molecule has 1 atom stereocenters. The lowest BCUT2D eigenvalue weighted by Gasteiger charge is -2.13. The quantitative estimate of drug-likeness (QED) is 0.595. The molecule has 13 heavy (non-hydrogen) atoms. The number of carboxylic acids is 1. The number of ether oxygens (including phenoxy) is 1. The Bertz CT molecular complexity index is 134. The largest absolute Gasteiger partial charge is 0.481 e. The lowest BCUT2D eigenvalue weighted by Crippen LogP contribution is -2.17. The van der Waals surface area contributed by atoms with Gasteiger partial charge in [0.2, 0.25) is 0 Å². The van der Waals surface area contributed by atoms with Crippen molar-refractivity contribution in [3.63, 3.8) is 0 Å². The van der Waals surface area contributed by atoms with E-state index in [2.05, 4.69) is 6.92 Å². The van der Waals surface area contributed by atoms with E-state index in [-0.39, 0.29) is 12.5 Å². The second-order valence-electron chi connectivity index (χ2n) is 3.21. The van der Waals surface area contributed by atoms with E-state index in [0.29, 0.717) is 6.61 Å². The third-order valence-electron chi connectivity index (χ3n) is 1.96. The first-order valence-electron chi connectivity index (χ1n) is 5.04. The second kappa shape index (κ2) is 8.05. The Morgan fingerprint density at radius 1 is 1.38 bits per heavy atom. The molecule has 1 N–H and O–H groups in total. The minimum absolute atomic E-state index is 0.102. The molecule has 78 valence electrons. The molecule has 0 heterocycles. The molecule has 3 heteroatoms. The fraction of sp³-hybridized carbons (Fsp3) is 0.900. The van der Waals surface area contributed by atoms with Gasteiger partial charge in [-0.25, -0.2) is 0 Å². The molecule has 0 amide bonds. The SMILES string of the molecule is CCCCCOC(CC)CC(=O)O. The summed E-state index contributed by atoms with van der Waals surface area (Å²) in [7, 11) is 0. The number of hydrogen-bond acceptors (Lipinski definition) is 2. The first-order valence-corrected chi connectivity index (χ1v) is 5.04. The molecule has 0 aliphatic carbocycles. The summed E-state index contributed by atoms with van der Waals surface area (Å²) >= 11 is 0. The van der Waals surface area contributed by atoms with Gasteiger partial charge in [-0.3, -0.25) is 4.79 Å². The number of hydrogen-bond donors (Lipinski definition) is 1. The minimum Gasteiger partial charge on any atom is -0.481 e. The number of aliphatic carboxylic acids is 1. The normalized spacial score (nSPS) is 12.8. The topological polar surface area (TPSA) is 46.5 Å². The summed E-state index contributed by atoms with van der Waals surface area (Å²) in [6, 6.07) is 0. The molecule has 1 unspecified atom stereocenters. The molecule has 0 aliphatic rings. The van der Waals surface area contributed by atoms with Crippen molar-refractivity contribution in [2.45, 2.75) is 52.1 Å². The Hall–Kier alpha value is -0.570. The molecular formula is C10H20O3. The van der Waals surface area contributed by atoms with Gasteiger partial charge >= 0.3 is 5.97 Å². The molecule has 0 aromatic rings. The summed E-state index contributed by atoms with van der Waals surface area (Å²) in [4.78, 5) is 10.4. The van der Waals surface area contributed by atoms with E-state index in [1.54, 1.807) is 0 Å². The number of carbonyl (C=O) groups is 1. The maximum Gasteiger partial charge on any atom is 0.305 e. The predicted molar refractivity (Wildman–Crippen MR) is 51.8 cm³/mol. The van der Waals surface area contributed by atoms with Gasteiger partial charge in [0.05, 0.1) is 12.5 Å². The third kappa shape index (κ3) is 7.78. The highest BCUT2D eigenvalue weighted by molar-refractivity contribution is 5.67. The van der Waals surface area contributed by atoms with E-state index in [4.69, 9.17) is 9.84 Å². The van der Waals surface area contributed by atoms with Crippen molar-refractivity contribution in [3.8, 4) is 0 Å². The van der Waals surface area contributed by atoms with Crippen molar-refractivity contribution in [1.29, 1.82) is 0 Å². The highest BCUT2D eigenvalue weighted by atomic mass is 16.5.